The highest BCUT2D eigenvalue weighted by Crippen LogP contribution is 2.37. The number of rotatable bonds is 13. The number of hydrogen-bond acceptors (Lipinski definition) is 5. The summed E-state index contributed by atoms with van der Waals surface area (Å²) in [7, 11) is 0. The van der Waals surface area contributed by atoms with E-state index in [4.69, 9.17) is 18.9 Å². The van der Waals surface area contributed by atoms with E-state index in [1.54, 1.807) is 11.3 Å². The summed E-state index contributed by atoms with van der Waals surface area (Å²) in [5, 5.41) is 12.0. The molecule has 0 amide bonds. The molecule has 2 heterocycles. The van der Waals surface area contributed by atoms with Crippen LogP contribution in [-0.2, 0) is 16.1 Å². The van der Waals surface area contributed by atoms with Crippen molar-refractivity contribution >= 4 is 43.7 Å². The molecule has 0 saturated carbocycles. The maximum Gasteiger partial charge on any atom is 0.171 e. The summed E-state index contributed by atoms with van der Waals surface area (Å²) in [5.41, 5.74) is 1.18. The first-order valence-corrected chi connectivity index (χ1v) is 15.3. The number of ether oxygens (including phenoxy) is 4. The molecule has 5 heteroatoms. The van der Waals surface area contributed by atoms with Crippen LogP contribution in [0.2, 0.25) is 0 Å². The van der Waals surface area contributed by atoms with Gasteiger partial charge >= 0.3 is 0 Å². The van der Waals surface area contributed by atoms with Crippen LogP contribution in [0, 0.1) is 5.41 Å². The fourth-order valence-corrected chi connectivity index (χ4v) is 6.33. The Kier molecular flexibility index (Phi) is 8.19. The van der Waals surface area contributed by atoms with Crippen molar-refractivity contribution in [3.05, 3.63) is 70.9 Å². The summed E-state index contributed by atoms with van der Waals surface area (Å²) in [6, 6.07) is 20.0. The van der Waals surface area contributed by atoms with Crippen molar-refractivity contribution in [1.82, 2.24) is 0 Å². The molecule has 0 fully saturated rings. The zero-order chi connectivity index (χ0) is 26.5. The fourth-order valence-electron chi connectivity index (χ4n) is 5.65. The van der Waals surface area contributed by atoms with E-state index in [-0.39, 0.29) is 5.41 Å². The van der Waals surface area contributed by atoms with Gasteiger partial charge < -0.3 is 18.9 Å². The normalized spacial score (nSPS) is 14.9. The van der Waals surface area contributed by atoms with Crippen molar-refractivity contribution in [1.29, 1.82) is 0 Å². The molecule has 204 valence electrons. The summed E-state index contributed by atoms with van der Waals surface area (Å²) in [6.45, 7) is 6.41. The lowest BCUT2D eigenvalue weighted by Gasteiger charge is -2.26. The summed E-state index contributed by atoms with van der Waals surface area (Å²) >= 11 is 1.61. The molecule has 0 radical (unpaired) electrons. The van der Waals surface area contributed by atoms with E-state index >= 15 is 0 Å². The molecule has 1 aliphatic heterocycles. The van der Waals surface area contributed by atoms with E-state index in [0.717, 1.165) is 37.6 Å². The number of benzene rings is 4. The molecular weight excluding hydrogens is 504 g/mol. The van der Waals surface area contributed by atoms with Gasteiger partial charge in [-0.3, -0.25) is 0 Å². The average molecular weight is 543 g/mol. The second-order valence-electron chi connectivity index (χ2n) is 11.3. The third-order valence-electron chi connectivity index (χ3n) is 7.90. The highest BCUT2D eigenvalue weighted by Gasteiger charge is 2.31. The fraction of sp³-hybridized carbons (Fsp3) is 0.412. The Hall–Kier alpha value is -2.86. The van der Waals surface area contributed by atoms with Crippen LogP contribution in [0.5, 0.6) is 11.5 Å². The first-order chi connectivity index (χ1) is 19.2. The Morgan fingerprint density at radius 2 is 1.28 bits per heavy atom. The molecule has 0 unspecified atom stereocenters. The zero-order valence-corrected chi connectivity index (χ0v) is 23.7. The number of hydrogen-bond donors (Lipinski definition) is 0. The van der Waals surface area contributed by atoms with Gasteiger partial charge in [-0.05, 0) is 50.7 Å². The molecule has 0 atom stereocenters. The first kappa shape index (κ1) is 26.4. The molecule has 1 aromatic heterocycles. The van der Waals surface area contributed by atoms with Gasteiger partial charge in [0.2, 0.25) is 0 Å². The predicted octanol–water partition coefficient (Wildman–Crippen LogP) is 9.00. The number of thiophene rings is 1. The van der Waals surface area contributed by atoms with Crippen LogP contribution in [0.1, 0.15) is 51.0 Å². The maximum absolute atomic E-state index is 6.12. The predicted molar refractivity (Wildman–Crippen MR) is 162 cm³/mol. The summed E-state index contributed by atoms with van der Waals surface area (Å²) in [5.74, 6) is 1.73. The summed E-state index contributed by atoms with van der Waals surface area (Å²) in [4.78, 5) is 0. The monoisotopic (exact) mass is 542 g/mol. The Morgan fingerprint density at radius 3 is 2.00 bits per heavy atom. The second-order valence-corrected chi connectivity index (χ2v) is 12.0. The third-order valence-corrected chi connectivity index (χ3v) is 8.60. The van der Waals surface area contributed by atoms with Crippen LogP contribution in [0.4, 0.5) is 0 Å². The lowest BCUT2D eigenvalue weighted by molar-refractivity contribution is 0.00555. The zero-order valence-electron chi connectivity index (χ0n) is 22.9. The quantitative estimate of drug-likeness (QED) is 0.110. The topological polar surface area (TPSA) is 36.9 Å². The van der Waals surface area contributed by atoms with Crippen LogP contribution in [-0.4, -0.2) is 33.0 Å². The van der Waals surface area contributed by atoms with Gasteiger partial charge in [0.15, 0.2) is 11.5 Å². The van der Waals surface area contributed by atoms with Crippen LogP contribution in [0.3, 0.4) is 0 Å². The van der Waals surface area contributed by atoms with Gasteiger partial charge in [-0.2, -0.15) is 0 Å². The Balaban J connectivity index is 0.850. The van der Waals surface area contributed by atoms with E-state index in [2.05, 4.69) is 61.5 Å². The summed E-state index contributed by atoms with van der Waals surface area (Å²) in [6.07, 6.45) is 7.16. The Bertz CT molecular complexity index is 1470. The van der Waals surface area contributed by atoms with Crippen LogP contribution >= 0.6 is 11.3 Å². The minimum Gasteiger partial charge on any atom is -0.488 e. The van der Waals surface area contributed by atoms with E-state index in [9.17, 15) is 0 Å². The van der Waals surface area contributed by atoms with Gasteiger partial charge in [0.1, 0.15) is 0 Å². The van der Waals surface area contributed by atoms with Crippen molar-refractivity contribution in [2.24, 2.45) is 5.41 Å². The molecule has 0 bridgehead atoms. The van der Waals surface area contributed by atoms with Crippen molar-refractivity contribution < 1.29 is 18.9 Å². The molecule has 6 rings (SSSR count). The van der Waals surface area contributed by atoms with Crippen molar-refractivity contribution in [3.63, 3.8) is 0 Å². The van der Waals surface area contributed by atoms with Crippen LogP contribution in [0.25, 0.3) is 32.3 Å². The minimum atomic E-state index is -0.103. The van der Waals surface area contributed by atoms with Gasteiger partial charge in [0.25, 0.3) is 0 Å². The Labute approximate surface area is 235 Å². The standard InChI is InChI=1S/C34H38O4S/c1-34(23-37-30-20-39-21-31(30)38-24-34)22-36-18-7-5-3-2-4-6-17-35-19-28-14-13-27-12-11-25-9-8-10-26-15-16-29(28)33(27)32(25)26/h8-16,20-21H,2-7,17-19,22-24H2,1H3. The molecule has 0 saturated heterocycles. The number of unbranched alkanes of at least 4 members (excludes halogenated alkanes) is 5. The molecule has 1 aliphatic rings. The molecule has 5 aromatic rings. The van der Waals surface area contributed by atoms with E-state index in [1.165, 1.54) is 63.6 Å². The molecule has 0 aliphatic carbocycles. The highest BCUT2D eigenvalue weighted by atomic mass is 32.1. The maximum atomic E-state index is 6.12. The lowest BCUT2D eigenvalue weighted by Crippen LogP contribution is -2.35. The van der Waals surface area contributed by atoms with Gasteiger partial charge in [0, 0.05) is 24.0 Å². The van der Waals surface area contributed by atoms with Crippen molar-refractivity contribution in [2.45, 2.75) is 52.1 Å². The molecule has 4 nitrogen and oxygen atoms in total. The van der Waals surface area contributed by atoms with Crippen molar-refractivity contribution in [2.75, 3.05) is 33.0 Å². The minimum absolute atomic E-state index is 0.103. The van der Waals surface area contributed by atoms with Crippen LogP contribution in [0.15, 0.2) is 65.4 Å². The molecular formula is C34H38O4S. The molecule has 0 N–H and O–H groups in total. The van der Waals surface area contributed by atoms with E-state index in [0.29, 0.717) is 26.4 Å². The van der Waals surface area contributed by atoms with Gasteiger partial charge in [-0.1, -0.05) is 87.2 Å². The molecule has 4 aromatic carbocycles. The SMILES string of the molecule is CC1(COCCCCCCCCOCc2ccc3ccc4cccc5ccc2c3c45)COc2cscc2OC1. The molecule has 39 heavy (non-hydrogen) atoms. The van der Waals surface area contributed by atoms with E-state index < -0.39 is 0 Å². The third kappa shape index (κ3) is 6.01. The van der Waals surface area contributed by atoms with E-state index in [1.807, 2.05) is 10.8 Å². The smallest absolute Gasteiger partial charge is 0.171 e. The largest absolute Gasteiger partial charge is 0.488 e. The first-order valence-electron chi connectivity index (χ1n) is 14.3. The van der Waals surface area contributed by atoms with Gasteiger partial charge in [-0.15, -0.1) is 11.3 Å². The van der Waals surface area contributed by atoms with Crippen LogP contribution < -0.4 is 9.47 Å². The van der Waals surface area contributed by atoms with Crippen molar-refractivity contribution in [3.8, 4) is 11.5 Å². The second kappa shape index (κ2) is 12.1. The average Bonchev–Trinajstić information content (AvgIpc) is 3.36. The van der Waals surface area contributed by atoms with Gasteiger partial charge in [-0.25, -0.2) is 0 Å². The number of fused-ring (bicyclic) bond motifs is 1. The molecule has 0 spiro atoms. The Morgan fingerprint density at radius 1 is 0.692 bits per heavy atom. The highest BCUT2D eigenvalue weighted by molar-refractivity contribution is 7.08. The lowest BCUT2D eigenvalue weighted by atomic mass is 9.92. The van der Waals surface area contributed by atoms with Gasteiger partial charge in [0.05, 0.1) is 31.8 Å². The summed E-state index contributed by atoms with van der Waals surface area (Å²) < 4.78 is 24.0.